The van der Waals surface area contributed by atoms with E-state index in [-0.39, 0.29) is 6.04 Å². The zero-order valence-electron chi connectivity index (χ0n) is 16.8. The molecular formula is C27H19NO2. The van der Waals surface area contributed by atoms with Crippen LogP contribution in [-0.4, -0.2) is 4.57 Å². The van der Waals surface area contributed by atoms with E-state index in [2.05, 4.69) is 66.9 Å². The summed E-state index contributed by atoms with van der Waals surface area (Å²) in [5, 5.41) is 7.10. The van der Waals surface area contributed by atoms with Crippen molar-refractivity contribution in [2.45, 2.75) is 19.9 Å². The molecule has 0 aliphatic rings. The second kappa shape index (κ2) is 5.45. The van der Waals surface area contributed by atoms with Gasteiger partial charge in [-0.15, -0.1) is 0 Å². The predicted octanol–water partition coefficient (Wildman–Crippen LogP) is 8.17. The van der Waals surface area contributed by atoms with Crippen molar-refractivity contribution in [3.63, 3.8) is 0 Å². The molecule has 0 aliphatic carbocycles. The maximum Gasteiger partial charge on any atom is 0.159 e. The van der Waals surface area contributed by atoms with E-state index in [9.17, 15) is 0 Å². The molecule has 0 atom stereocenters. The highest BCUT2D eigenvalue weighted by molar-refractivity contribution is 6.23. The zero-order chi connectivity index (χ0) is 20.0. The van der Waals surface area contributed by atoms with Gasteiger partial charge in [-0.1, -0.05) is 42.5 Å². The Labute approximate surface area is 172 Å². The fourth-order valence-electron chi connectivity index (χ4n) is 5.06. The highest BCUT2D eigenvalue weighted by Crippen LogP contribution is 2.42. The molecule has 4 aromatic carbocycles. The van der Waals surface area contributed by atoms with Gasteiger partial charge in [-0.25, -0.2) is 0 Å². The molecule has 7 rings (SSSR count). The van der Waals surface area contributed by atoms with Crippen LogP contribution in [0.25, 0.3) is 65.7 Å². The van der Waals surface area contributed by atoms with Crippen molar-refractivity contribution in [1.29, 1.82) is 0 Å². The number of fused-ring (bicyclic) bond motifs is 10. The average molecular weight is 389 g/mol. The molecular weight excluding hydrogens is 370 g/mol. The van der Waals surface area contributed by atoms with Crippen molar-refractivity contribution in [1.82, 2.24) is 4.57 Å². The SMILES string of the molecule is CC(C)n1c2cc3oc4ccccc4c3cc2c2ccc3c4ccccc4oc3c21. The van der Waals surface area contributed by atoms with Gasteiger partial charge >= 0.3 is 0 Å². The Morgan fingerprint density at radius 1 is 0.600 bits per heavy atom. The lowest BCUT2D eigenvalue weighted by atomic mass is 10.1. The van der Waals surface area contributed by atoms with Crippen molar-refractivity contribution in [3.8, 4) is 0 Å². The van der Waals surface area contributed by atoms with Gasteiger partial charge in [-0.05, 0) is 38.1 Å². The Balaban J connectivity index is 1.74. The van der Waals surface area contributed by atoms with Crippen LogP contribution in [-0.2, 0) is 0 Å². The Kier molecular flexibility index (Phi) is 2.93. The molecule has 7 aromatic rings. The van der Waals surface area contributed by atoms with Crippen LogP contribution >= 0.6 is 0 Å². The molecule has 0 spiro atoms. The molecule has 30 heavy (non-hydrogen) atoms. The molecule has 3 heteroatoms. The molecule has 0 N–H and O–H groups in total. The van der Waals surface area contributed by atoms with E-state index in [0.717, 1.165) is 49.4 Å². The molecule has 0 unspecified atom stereocenters. The van der Waals surface area contributed by atoms with Gasteiger partial charge in [0.2, 0.25) is 0 Å². The van der Waals surface area contributed by atoms with Gasteiger partial charge in [0.15, 0.2) is 5.58 Å². The maximum atomic E-state index is 6.39. The van der Waals surface area contributed by atoms with Crippen molar-refractivity contribution in [3.05, 3.63) is 72.8 Å². The van der Waals surface area contributed by atoms with Crippen LogP contribution < -0.4 is 0 Å². The summed E-state index contributed by atoms with van der Waals surface area (Å²) in [6.45, 7) is 4.45. The number of hydrogen-bond donors (Lipinski definition) is 0. The van der Waals surface area contributed by atoms with Crippen LogP contribution in [0.15, 0.2) is 81.6 Å². The van der Waals surface area contributed by atoms with Gasteiger partial charge in [0.25, 0.3) is 0 Å². The lowest BCUT2D eigenvalue weighted by molar-refractivity contribution is 0.629. The van der Waals surface area contributed by atoms with E-state index in [0.29, 0.717) is 0 Å². The van der Waals surface area contributed by atoms with Gasteiger partial charge in [-0.2, -0.15) is 0 Å². The van der Waals surface area contributed by atoms with Crippen molar-refractivity contribution in [2.24, 2.45) is 0 Å². The minimum absolute atomic E-state index is 0.283. The number of hydrogen-bond acceptors (Lipinski definition) is 2. The second-order valence-electron chi connectivity index (χ2n) is 8.36. The summed E-state index contributed by atoms with van der Waals surface area (Å²) in [5.74, 6) is 0. The first kappa shape index (κ1) is 16.1. The fourth-order valence-corrected chi connectivity index (χ4v) is 5.06. The van der Waals surface area contributed by atoms with Crippen LogP contribution in [0.1, 0.15) is 19.9 Å². The molecule has 0 amide bonds. The van der Waals surface area contributed by atoms with E-state index in [1.807, 2.05) is 24.3 Å². The molecule has 144 valence electrons. The molecule has 3 heterocycles. The molecule has 3 nitrogen and oxygen atoms in total. The lowest BCUT2D eigenvalue weighted by Gasteiger charge is -2.11. The lowest BCUT2D eigenvalue weighted by Crippen LogP contribution is -1.99. The number of para-hydroxylation sites is 2. The molecule has 0 saturated heterocycles. The third kappa shape index (κ3) is 1.90. The monoisotopic (exact) mass is 389 g/mol. The summed E-state index contributed by atoms with van der Waals surface area (Å²) in [5.41, 5.74) is 6.08. The first-order chi connectivity index (χ1) is 14.7. The first-order valence-corrected chi connectivity index (χ1v) is 10.4. The molecule has 3 aromatic heterocycles. The van der Waals surface area contributed by atoms with Crippen molar-refractivity contribution >= 4 is 65.7 Å². The highest BCUT2D eigenvalue weighted by Gasteiger charge is 2.20. The van der Waals surface area contributed by atoms with Crippen LogP contribution in [0, 0.1) is 0 Å². The minimum atomic E-state index is 0.283. The molecule has 0 radical (unpaired) electrons. The summed E-state index contributed by atoms with van der Waals surface area (Å²) in [7, 11) is 0. The van der Waals surface area contributed by atoms with Crippen LogP contribution in [0.4, 0.5) is 0 Å². The summed E-state index contributed by atoms with van der Waals surface area (Å²) < 4.78 is 15.0. The maximum absolute atomic E-state index is 6.39. The van der Waals surface area contributed by atoms with Gasteiger partial charge in [-0.3, -0.25) is 0 Å². The van der Waals surface area contributed by atoms with Crippen molar-refractivity contribution in [2.75, 3.05) is 0 Å². The van der Waals surface area contributed by atoms with Crippen LogP contribution in [0.2, 0.25) is 0 Å². The quantitative estimate of drug-likeness (QED) is 0.283. The average Bonchev–Trinajstić information content (AvgIpc) is 3.40. The Morgan fingerprint density at radius 3 is 2.03 bits per heavy atom. The van der Waals surface area contributed by atoms with E-state index in [1.165, 1.54) is 16.3 Å². The summed E-state index contributed by atoms with van der Waals surface area (Å²) in [6.07, 6.45) is 0. The fraction of sp³-hybridized carbons (Fsp3) is 0.111. The van der Waals surface area contributed by atoms with Gasteiger partial charge in [0, 0.05) is 44.4 Å². The smallest absolute Gasteiger partial charge is 0.159 e. The standard InChI is InChI=1S/C27H19NO2/c1-15(2)28-22-14-25-21(17-8-4-5-9-23(17)29-25)13-20(22)18-11-12-19-16-7-3-6-10-24(16)30-27(19)26(18)28/h3-15H,1-2H3. The largest absolute Gasteiger partial charge is 0.456 e. The predicted molar refractivity (Wildman–Crippen MR) is 124 cm³/mol. The number of aromatic nitrogens is 1. The summed E-state index contributed by atoms with van der Waals surface area (Å²) >= 11 is 0. The Morgan fingerprint density at radius 2 is 1.27 bits per heavy atom. The van der Waals surface area contributed by atoms with Gasteiger partial charge in [0.05, 0.1) is 11.0 Å². The Hall–Kier alpha value is -3.72. The molecule has 0 aliphatic heterocycles. The van der Waals surface area contributed by atoms with Gasteiger partial charge in [0.1, 0.15) is 16.7 Å². The normalized spacial score (nSPS) is 12.6. The first-order valence-electron chi connectivity index (χ1n) is 10.4. The highest BCUT2D eigenvalue weighted by atomic mass is 16.3. The van der Waals surface area contributed by atoms with E-state index < -0.39 is 0 Å². The van der Waals surface area contributed by atoms with Crippen LogP contribution in [0.3, 0.4) is 0 Å². The molecule has 0 bridgehead atoms. The summed E-state index contributed by atoms with van der Waals surface area (Å²) in [4.78, 5) is 0. The minimum Gasteiger partial charge on any atom is -0.456 e. The zero-order valence-corrected chi connectivity index (χ0v) is 16.8. The topological polar surface area (TPSA) is 31.2 Å². The third-order valence-corrected chi connectivity index (χ3v) is 6.32. The number of benzene rings is 4. The molecule has 0 fully saturated rings. The third-order valence-electron chi connectivity index (χ3n) is 6.32. The van der Waals surface area contributed by atoms with Crippen molar-refractivity contribution < 1.29 is 8.83 Å². The number of nitrogens with zero attached hydrogens (tertiary/aromatic N) is 1. The number of furan rings is 2. The molecule has 0 saturated carbocycles. The van der Waals surface area contributed by atoms with E-state index in [1.54, 1.807) is 0 Å². The van der Waals surface area contributed by atoms with E-state index >= 15 is 0 Å². The summed E-state index contributed by atoms with van der Waals surface area (Å²) in [6, 6.07) is 25.7. The Bertz CT molecular complexity index is 1780. The van der Waals surface area contributed by atoms with Crippen LogP contribution in [0.5, 0.6) is 0 Å². The van der Waals surface area contributed by atoms with E-state index in [4.69, 9.17) is 8.83 Å². The number of rotatable bonds is 1. The second-order valence-corrected chi connectivity index (χ2v) is 8.36. The van der Waals surface area contributed by atoms with Gasteiger partial charge < -0.3 is 13.4 Å².